The predicted octanol–water partition coefficient (Wildman–Crippen LogP) is 1.28. The van der Waals surface area contributed by atoms with Crippen LogP contribution in [-0.2, 0) is 0 Å². The fourth-order valence-corrected chi connectivity index (χ4v) is 2.00. The minimum atomic E-state index is -0.435. The summed E-state index contributed by atoms with van der Waals surface area (Å²) in [5.74, 6) is 0.315. The van der Waals surface area contributed by atoms with E-state index < -0.39 is 4.92 Å². The molecule has 6 nitrogen and oxygen atoms in total. The summed E-state index contributed by atoms with van der Waals surface area (Å²) in [5, 5.41) is 13.8. The van der Waals surface area contributed by atoms with Crippen molar-refractivity contribution in [3.05, 3.63) is 28.4 Å². The van der Waals surface area contributed by atoms with Crippen molar-refractivity contribution in [2.24, 2.45) is 5.73 Å². The average Bonchev–Trinajstić information content (AvgIpc) is 2.65. The third-order valence-corrected chi connectivity index (χ3v) is 2.87. The number of rotatable bonds is 3. The number of nitrogens with one attached hydrogen (secondary N) is 1. The molecule has 86 valence electrons. The van der Waals surface area contributed by atoms with Crippen LogP contribution in [0.5, 0.6) is 0 Å². The average molecular weight is 222 g/mol. The molecule has 2 rings (SSSR count). The highest BCUT2D eigenvalue weighted by atomic mass is 16.6. The number of pyridine rings is 1. The summed E-state index contributed by atoms with van der Waals surface area (Å²) in [6, 6.07) is 3.14. The molecule has 0 radical (unpaired) electrons. The van der Waals surface area contributed by atoms with Gasteiger partial charge in [0.2, 0.25) is 5.82 Å². The van der Waals surface area contributed by atoms with Crippen LogP contribution in [-0.4, -0.2) is 22.0 Å². The number of hydrogen-bond donors (Lipinski definition) is 2. The number of aromatic nitrogens is 1. The molecule has 16 heavy (non-hydrogen) atoms. The Morgan fingerprint density at radius 2 is 2.38 bits per heavy atom. The van der Waals surface area contributed by atoms with E-state index in [-0.39, 0.29) is 17.8 Å². The van der Waals surface area contributed by atoms with E-state index in [0.29, 0.717) is 5.82 Å². The third-order valence-electron chi connectivity index (χ3n) is 2.87. The lowest BCUT2D eigenvalue weighted by molar-refractivity contribution is -0.384. The van der Waals surface area contributed by atoms with Gasteiger partial charge in [-0.25, -0.2) is 4.98 Å². The van der Waals surface area contributed by atoms with Crippen molar-refractivity contribution >= 4 is 11.5 Å². The van der Waals surface area contributed by atoms with Gasteiger partial charge in [-0.05, 0) is 25.3 Å². The molecule has 0 spiro atoms. The lowest BCUT2D eigenvalue weighted by Crippen LogP contribution is -2.35. The van der Waals surface area contributed by atoms with E-state index in [1.165, 1.54) is 12.3 Å². The highest BCUT2D eigenvalue weighted by molar-refractivity contribution is 5.55. The monoisotopic (exact) mass is 222 g/mol. The number of nitrogens with two attached hydrogens (primary N) is 1. The Morgan fingerprint density at radius 3 is 3.00 bits per heavy atom. The third kappa shape index (κ3) is 2.11. The zero-order chi connectivity index (χ0) is 11.5. The van der Waals surface area contributed by atoms with E-state index in [1.807, 2.05) is 0 Å². The van der Waals surface area contributed by atoms with Crippen LogP contribution in [0, 0.1) is 10.1 Å². The Bertz CT molecular complexity index is 396. The van der Waals surface area contributed by atoms with Crippen molar-refractivity contribution < 1.29 is 4.92 Å². The highest BCUT2D eigenvalue weighted by Gasteiger charge is 2.26. The summed E-state index contributed by atoms with van der Waals surface area (Å²) in [6.07, 6.45) is 4.49. The van der Waals surface area contributed by atoms with Crippen LogP contribution in [0.1, 0.15) is 19.3 Å². The molecule has 2 unspecified atom stereocenters. The second-order valence-corrected chi connectivity index (χ2v) is 3.97. The maximum absolute atomic E-state index is 10.8. The lowest BCUT2D eigenvalue weighted by atomic mass is 10.2. The molecule has 1 saturated carbocycles. The molecule has 2 atom stereocenters. The molecule has 1 heterocycles. The number of nitro groups is 1. The summed E-state index contributed by atoms with van der Waals surface area (Å²) in [7, 11) is 0. The first-order chi connectivity index (χ1) is 7.68. The molecule has 1 aromatic heterocycles. The van der Waals surface area contributed by atoms with E-state index in [9.17, 15) is 10.1 Å². The fraction of sp³-hybridized carbons (Fsp3) is 0.500. The fourth-order valence-electron chi connectivity index (χ4n) is 2.00. The molecule has 0 bridgehead atoms. The van der Waals surface area contributed by atoms with E-state index >= 15 is 0 Å². The van der Waals surface area contributed by atoms with E-state index in [2.05, 4.69) is 10.3 Å². The van der Waals surface area contributed by atoms with Crippen molar-refractivity contribution in [3.8, 4) is 0 Å². The maximum Gasteiger partial charge on any atom is 0.311 e. The smallest absolute Gasteiger partial charge is 0.311 e. The zero-order valence-corrected chi connectivity index (χ0v) is 8.80. The molecule has 1 aliphatic rings. The van der Waals surface area contributed by atoms with Crippen molar-refractivity contribution in [2.45, 2.75) is 31.3 Å². The van der Waals surface area contributed by atoms with Gasteiger partial charge in [0.25, 0.3) is 0 Å². The second-order valence-electron chi connectivity index (χ2n) is 3.97. The van der Waals surface area contributed by atoms with E-state index in [1.54, 1.807) is 6.07 Å². The number of nitrogens with zero attached hydrogens (tertiary/aromatic N) is 2. The predicted molar refractivity (Wildman–Crippen MR) is 60.1 cm³/mol. The SMILES string of the molecule is NC1CCCC1Nc1ncccc1[N+](=O)[O-]. The Hall–Kier alpha value is -1.69. The highest BCUT2D eigenvalue weighted by Crippen LogP contribution is 2.26. The Balaban J connectivity index is 2.17. The molecule has 0 saturated heterocycles. The molecule has 0 aromatic carbocycles. The summed E-state index contributed by atoms with van der Waals surface area (Å²) in [5.41, 5.74) is 5.89. The van der Waals surface area contributed by atoms with Gasteiger partial charge in [-0.3, -0.25) is 10.1 Å². The van der Waals surface area contributed by atoms with Gasteiger partial charge in [-0.2, -0.15) is 0 Å². The van der Waals surface area contributed by atoms with Crippen molar-refractivity contribution in [3.63, 3.8) is 0 Å². The molecule has 3 N–H and O–H groups in total. The summed E-state index contributed by atoms with van der Waals surface area (Å²) in [4.78, 5) is 14.3. The summed E-state index contributed by atoms with van der Waals surface area (Å²) >= 11 is 0. The van der Waals surface area contributed by atoms with Crippen LogP contribution in [0.2, 0.25) is 0 Å². The largest absolute Gasteiger partial charge is 0.360 e. The normalized spacial score (nSPS) is 24.3. The van der Waals surface area contributed by atoms with Gasteiger partial charge in [0.15, 0.2) is 0 Å². The van der Waals surface area contributed by atoms with Crippen LogP contribution in [0.25, 0.3) is 0 Å². The van der Waals surface area contributed by atoms with Crippen molar-refractivity contribution in [1.82, 2.24) is 4.98 Å². The van der Waals surface area contributed by atoms with Gasteiger partial charge in [-0.15, -0.1) is 0 Å². The molecule has 1 aromatic rings. The van der Waals surface area contributed by atoms with Crippen LogP contribution in [0.15, 0.2) is 18.3 Å². The van der Waals surface area contributed by atoms with Gasteiger partial charge in [0, 0.05) is 24.3 Å². The maximum atomic E-state index is 10.8. The zero-order valence-electron chi connectivity index (χ0n) is 8.80. The molecule has 1 aliphatic carbocycles. The van der Waals surface area contributed by atoms with E-state index in [4.69, 9.17) is 5.73 Å². The van der Waals surface area contributed by atoms with E-state index in [0.717, 1.165) is 19.3 Å². The van der Waals surface area contributed by atoms with Crippen molar-refractivity contribution in [1.29, 1.82) is 0 Å². The van der Waals surface area contributed by atoms with Gasteiger partial charge in [0.1, 0.15) is 0 Å². The minimum Gasteiger partial charge on any atom is -0.360 e. The van der Waals surface area contributed by atoms with Gasteiger partial charge >= 0.3 is 5.69 Å². The van der Waals surface area contributed by atoms with Crippen LogP contribution in [0.3, 0.4) is 0 Å². The Labute approximate surface area is 93.0 Å². The van der Waals surface area contributed by atoms with Gasteiger partial charge in [-0.1, -0.05) is 0 Å². The Morgan fingerprint density at radius 1 is 1.56 bits per heavy atom. The van der Waals surface area contributed by atoms with Crippen molar-refractivity contribution in [2.75, 3.05) is 5.32 Å². The number of anilines is 1. The molecular formula is C10H14N4O2. The molecule has 0 aliphatic heterocycles. The standard InChI is InChI=1S/C10H14N4O2/c11-7-3-1-4-8(7)13-10-9(14(15)16)5-2-6-12-10/h2,5-8H,1,3-4,11H2,(H,12,13). The minimum absolute atomic E-state index is 0.00148. The topological polar surface area (TPSA) is 94.1 Å². The molecule has 6 heteroatoms. The Kier molecular flexibility index (Phi) is 3.00. The molecular weight excluding hydrogens is 208 g/mol. The first kappa shape index (κ1) is 10.8. The summed E-state index contributed by atoms with van der Waals surface area (Å²) in [6.45, 7) is 0. The van der Waals surface area contributed by atoms with Crippen LogP contribution < -0.4 is 11.1 Å². The summed E-state index contributed by atoms with van der Waals surface area (Å²) < 4.78 is 0. The number of hydrogen-bond acceptors (Lipinski definition) is 5. The van der Waals surface area contributed by atoms with Gasteiger partial charge in [0.05, 0.1) is 4.92 Å². The van der Waals surface area contributed by atoms with Crippen LogP contribution in [0.4, 0.5) is 11.5 Å². The lowest BCUT2D eigenvalue weighted by Gasteiger charge is -2.17. The molecule has 0 amide bonds. The van der Waals surface area contributed by atoms with Gasteiger partial charge < -0.3 is 11.1 Å². The first-order valence-corrected chi connectivity index (χ1v) is 5.30. The van der Waals surface area contributed by atoms with Crippen LogP contribution >= 0.6 is 0 Å². The quantitative estimate of drug-likeness (QED) is 0.593. The first-order valence-electron chi connectivity index (χ1n) is 5.30. The second kappa shape index (κ2) is 4.44. The molecule has 1 fully saturated rings.